The van der Waals surface area contributed by atoms with Gasteiger partial charge in [0.05, 0.1) is 4.70 Å². The molecule has 0 fully saturated rings. The third-order valence-electron chi connectivity index (χ3n) is 3.66. The zero-order chi connectivity index (χ0) is 16.9. The topological polar surface area (TPSA) is 0 Å². The standard InChI is InChI=1S/C9H9FS2.C8H6FS2.2CH4.Y/c1-4-7-8(10)5(2)12-9(7)6(3)11-4;1-4-7-6(9)3-10-8(7)5(2)11-4;;;/h1-3H3;1-2H3;2*1H4;/q;-1;;;. The van der Waals surface area contributed by atoms with Crippen LogP contribution in [-0.4, -0.2) is 0 Å². The molecule has 4 heterocycles. The summed E-state index contributed by atoms with van der Waals surface area (Å²) in [5, 5.41) is 4.24. The molecule has 141 valence electrons. The molecule has 4 rings (SSSR count). The van der Waals surface area contributed by atoms with E-state index in [1.807, 2.05) is 27.7 Å². The first-order valence-electron chi connectivity index (χ1n) is 7.01. The van der Waals surface area contributed by atoms with Crippen LogP contribution in [0.15, 0.2) is 0 Å². The SMILES string of the molecule is C.C.Cc1sc(C)c2c(F)[c-]sc12.Cc1sc2c(C)sc(C)c2c1F.[Y]. The Morgan fingerprint density at radius 2 is 1.15 bits per heavy atom. The van der Waals surface area contributed by atoms with Crippen molar-refractivity contribution in [2.24, 2.45) is 0 Å². The third-order valence-corrected chi connectivity index (χ3v) is 8.15. The molecule has 0 aromatic carbocycles. The summed E-state index contributed by atoms with van der Waals surface area (Å²) in [6, 6.07) is 0. The average Bonchev–Trinajstić information content (AvgIpc) is 3.15. The summed E-state index contributed by atoms with van der Waals surface area (Å²) in [6.07, 6.45) is 0. The Hall–Kier alpha value is 0.284. The van der Waals surface area contributed by atoms with Crippen molar-refractivity contribution < 1.29 is 41.5 Å². The summed E-state index contributed by atoms with van der Waals surface area (Å²) < 4.78 is 28.6. The molecule has 7 heteroatoms. The monoisotopic (exact) mass is 506 g/mol. The van der Waals surface area contributed by atoms with Crippen LogP contribution in [0, 0.1) is 51.6 Å². The maximum absolute atomic E-state index is 13.4. The molecule has 0 saturated carbocycles. The van der Waals surface area contributed by atoms with Gasteiger partial charge in [-0.3, -0.25) is 11.3 Å². The van der Waals surface area contributed by atoms with E-state index in [0.717, 1.165) is 34.8 Å². The van der Waals surface area contributed by atoms with Gasteiger partial charge in [-0.1, -0.05) is 25.1 Å². The molecule has 26 heavy (non-hydrogen) atoms. The fraction of sp³-hybridized carbons (Fsp3) is 0.368. The van der Waals surface area contributed by atoms with Gasteiger partial charge in [-0.05, 0) is 39.5 Å². The molecule has 4 aromatic heterocycles. The van der Waals surface area contributed by atoms with Crippen LogP contribution in [0.4, 0.5) is 8.78 Å². The van der Waals surface area contributed by atoms with Crippen molar-refractivity contribution in [1.82, 2.24) is 0 Å². The van der Waals surface area contributed by atoms with Crippen molar-refractivity contribution in [3.8, 4) is 0 Å². The molecule has 0 bridgehead atoms. The van der Waals surface area contributed by atoms with Gasteiger partial charge >= 0.3 is 0 Å². The van der Waals surface area contributed by atoms with Gasteiger partial charge in [0.2, 0.25) is 0 Å². The maximum Gasteiger partial charge on any atom is 0.145 e. The molecule has 0 aliphatic carbocycles. The predicted octanol–water partition coefficient (Wildman–Crippen LogP) is 8.82. The van der Waals surface area contributed by atoms with Gasteiger partial charge in [0.25, 0.3) is 0 Å². The van der Waals surface area contributed by atoms with Crippen molar-refractivity contribution in [2.45, 2.75) is 49.5 Å². The fourth-order valence-electron chi connectivity index (χ4n) is 2.60. The molecule has 0 nitrogen and oxygen atoms in total. The average molecular weight is 507 g/mol. The van der Waals surface area contributed by atoms with E-state index in [-0.39, 0.29) is 59.2 Å². The van der Waals surface area contributed by atoms with Gasteiger partial charge in [0.1, 0.15) is 5.82 Å². The van der Waals surface area contributed by atoms with Gasteiger partial charge in [0, 0.05) is 58.5 Å². The molecule has 0 aliphatic rings. The number of hydrogen-bond donors (Lipinski definition) is 0. The molecule has 0 atom stereocenters. The van der Waals surface area contributed by atoms with Crippen LogP contribution in [0.25, 0.3) is 20.2 Å². The third kappa shape index (κ3) is 4.64. The van der Waals surface area contributed by atoms with Gasteiger partial charge in [-0.15, -0.1) is 32.8 Å². The van der Waals surface area contributed by atoms with Crippen molar-refractivity contribution >= 4 is 65.5 Å². The largest absolute Gasteiger partial charge is 0.292 e. The summed E-state index contributed by atoms with van der Waals surface area (Å²) in [5.74, 6) is -0.205. The Morgan fingerprint density at radius 3 is 1.65 bits per heavy atom. The van der Waals surface area contributed by atoms with Crippen molar-refractivity contribution in [1.29, 1.82) is 0 Å². The Kier molecular flexibility index (Phi) is 10.3. The van der Waals surface area contributed by atoms with Crippen LogP contribution >= 0.6 is 45.3 Å². The van der Waals surface area contributed by atoms with E-state index < -0.39 is 0 Å². The zero-order valence-electron chi connectivity index (χ0n) is 14.0. The Morgan fingerprint density at radius 1 is 0.654 bits per heavy atom. The van der Waals surface area contributed by atoms with Crippen molar-refractivity contribution in [2.75, 3.05) is 0 Å². The van der Waals surface area contributed by atoms with Crippen LogP contribution in [-0.2, 0) is 32.7 Å². The summed E-state index contributed by atoms with van der Waals surface area (Å²) >= 11 is 6.27. The second-order valence-corrected chi connectivity index (χ2v) is 10.2. The fourth-order valence-corrected chi connectivity index (χ4v) is 6.89. The van der Waals surface area contributed by atoms with E-state index in [9.17, 15) is 8.78 Å². The van der Waals surface area contributed by atoms with E-state index in [4.69, 9.17) is 0 Å². The molecular formula is C19H23F2S4Y-. The van der Waals surface area contributed by atoms with E-state index >= 15 is 0 Å². The summed E-state index contributed by atoms with van der Waals surface area (Å²) in [4.78, 5) is 5.40. The molecule has 0 saturated heterocycles. The van der Waals surface area contributed by atoms with E-state index in [1.165, 1.54) is 21.1 Å². The Balaban J connectivity index is 0.000000432. The number of halogens is 2. The number of hydrogen-bond acceptors (Lipinski definition) is 4. The minimum atomic E-state index is -0.188. The van der Waals surface area contributed by atoms with Crippen molar-refractivity contribution in [3.05, 3.63) is 41.4 Å². The molecule has 0 N–H and O–H groups in total. The maximum atomic E-state index is 13.4. The molecule has 0 amide bonds. The van der Waals surface area contributed by atoms with Gasteiger partial charge < -0.3 is 0 Å². The Bertz CT molecular complexity index is 1000. The number of rotatable bonds is 0. The van der Waals surface area contributed by atoms with Crippen LogP contribution in [0.3, 0.4) is 0 Å². The smallest absolute Gasteiger partial charge is 0.145 e. The number of thiophene rings is 4. The van der Waals surface area contributed by atoms with E-state index in [2.05, 4.69) is 12.3 Å². The van der Waals surface area contributed by atoms with Crippen LogP contribution in [0.5, 0.6) is 0 Å². The zero-order valence-corrected chi connectivity index (χ0v) is 20.1. The minimum Gasteiger partial charge on any atom is -0.292 e. The second-order valence-electron chi connectivity index (χ2n) is 5.33. The van der Waals surface area contributed by atoms with Crippen LogP contribution in [0.1, 0.15) is 39.2 Å². The molecular weight excluding hydrogens is 483 g/mol. The van der Waals surface area contributed by atoms with Crippen LogP contribution < -0.4 is 0 Å². The first kappa shape index (κ1) is 26.3. The summed E-state index contributed by atoms with van der Waals surface area (Å²) in [7, 11) is 0. The van der Waals surface area contributed by atoms with Gasteiger partial charge in [0.15, 0.2) is 0 Å². The molecule has 0 aliphatic heterocycles. The normalized spacial score (nSPS) is 9.96. The number of fused-ring (bicyclic) bond motifs is 2. The summed E-state index contributed by atoms with van der Waals surface area (Å²) in [5.41, 5.74) is 0. The van der Waals surface area contributed by atoms with Crippen LogP contribution in [0.2, 0.25) is 0 Å². The van der Waals surface area contributed by atoms with E-state index in [1.54, 1.807) is 34.0 Å². The molecule has 0 unspecified atom stereocenters. The van der Waals surface area contributed by atoms with Gasteiger partial charge in [-0.25, -0.2) is 8.78 Å². The van der Waals surface area contributed by atoms with Gasteiger partial charge in [-0.2, -0.15) is 11.3 Å². The Labute approximate surface area is 196 Å². The molecule has 0 spiro atoms. The number of aryl methyl sites for hydroxylation is 5. The van der Waals surface area contributed by atoms with Crippen molar-refractivity contribution in [3.63, 3.8) is 0 Å². The minimum absolute atomic E-state index is 0. The second kappa shape index (κ2) is 10.2. The first-order chi connectivity index (χ1) is 10.8. The molecule has 4 aromatic rings. The predicted molar refractivity (Wildman–Crippen MR) is 115 cm³/mol. The van der Waals surface area contributed by atoms with E-state index in [0.29, 0.717) is 0 Å². The quantitative estimate of drug-likeness (QED) is 0.209. The molecule has 1 radical (unpaired) electrons. The summed E-state index contributed by atoms with van der Waals surface area (Å²) in [6.45, 7) is 9.83. The first-order valence-corrected chi connectivity index (χ1v) is 10.3.